The molecule has 0 radical (unpaired) electrons. The third kappa shape index (κ3) is 2.90. The molecule has 29 heavy (non-hydrogen) atoms. The second-order valence-corrected chi connectivity index (χ2v) is 10.1. The van der Waals surface area contributed by atoms with E-state index in [0.717, 1.165) is 29.8 Å². The Labute approximate surface area is 172 Å². The first kappa shape index (κ1) is 18.5. The van der Waals surface area contributed by atoms with Crippen LogP contribution < -0.4 is 5.32 Å². The molecule has 1 fully saturated rings. The van der Waals surface area contributed by atoms with E-state index < -0.39 is 10.0 Å². The highest BCUT2D eigenvalue weighted by molar-refractivity contribution is 7.89. The van der Waals surface area contributed by atoms with Gasteiger partial charge in [-0.1, -0.05) is 23.8 Å². The normalized spacial score (nSPS) is 18.1. The SMILES string of the molecule is Cc1ccc(S(=O)(=O)N2CCC3(CC2)Nc2cc(C)ccc2-n2cccc23)cc1. The molecule has 1 aromatic heterocycles. The van der Waals surface area contributed by atoms with Crippen molar-refractivity contribution in [2.24, 2.45) is 0 Å². The molecule has 1 saturated heterocycles. The number of hydrogen-bond donors (Lipinski definition) is 1. The molecule has 0 aliphatic carbocycles. The van der Waals surface area contributed by atoms with Gasteiger partial charge in [0, 0.05) is 25.0 Å². The number of benzene rings is 2. The fourth-order valence-electron chi connectivity index (χ4n) is 4.61. The van der Waals surface area contributed by atoms with Crippen molar-refractivity contribution in [2.75, 3.05) is 18.4 Å². The molecule has 5 rings (SSSR count). The quantitative estimate of drug-likeness (QED) is 0.693. The van der Waals surface area contributed by atoms with Crippen molar-refractivity contribution in [1.82, 2.24) is 8.87 Å². The van der Waals surface area contributed by atoms with Crippen molar-refractivity contribution in [3.8, 4) is 5.69 Å². The van der Waals surface area contributed by atoms with Gasteiger partial charge in [-0.25, -0.2) is 8.42 Å². The first-order valence-electron chi connectivity index (χ1n) is 10.0. The van der Waals surface area contributed by atoms with E-state index >= 15 is 0 Å². The molecule has 150 valence electrons. The molecule has 1 spiro atoms. The first-order chi connectivity index (χ1) is 13.9. The minimum Gasteiger partial charge on any atom is -0.372 e. The van der Waals surface area contributed by atoms with E-state index in [1.165, 1.54) is 11.3 Å². The number of fused-ring (bicyclic) bond motifs is 4. The monoisotopic (exact) mass is 407 g/mol. The summed E-state index contributed by atoms with van der Waals surface area (Å²) in [5, 5.41) is 3.77. The molecular formula is C23H25N3O2S. The van der Waals surface area contributed by atoms with E-state index in [2.05, 4.69) is 53.3 Å². The average molecular weight is 408 g/mol. The fourth-order valence-corrected chi connectivity index (χ4v) is 6.05. The van der Waals surface area contributed by atoms with Gasteiger partial charge in [0.25, 0.3) is 0 Å². The maximum Gasteiger partial charge on any atom is 0.243 e. The van der Waals surface area contributed by atoms with Gasteiger partial charge in [-0.15, -0.1) is 0 Å². The highest BCUT2D eigenvalue weighted by atomic mass is 32.2. The Kier molecular flexibility index (Phi) is 4.12. The molecule has 0 unspecified atom stereocenters. The van der Waals surface area contributed by atoms with Crippen molar-refractivity contribution in [3.05, 3.63) is 77.6 Å². The lowest BCUT2D eigenvalue weighted by Crippen LogP contribution is -2.51. The van der Waals surface area contributed by atoms with Gasteiger partial charge in [-0.05, 0) is 68.7 Å². The maximum atomic E-state index is 13.1. The van der Waals surface area contributed by atoms with Crippen LogP contribution in [0.25, 0.3) is 5.69 Å². The van der Waals surface area contributed by atoms with Gasteiger partial charge >= 0.3 is 0 Å². The summed E-state index contributed by atoms with van der Waals surface area (Å²) in [5.41, 5.74) is 5.49. The largest absolute Gasteiger partial charge is 0.372 e. The number of aromatic nitrogens is 1. The number of hydrogen-bond acceptors (Lipinski definition) is 3. The number of anilines is 1. The smallest absolute Gasteiger partial charge is 0.243 e. The van der Waals surface area contributed by atoms with Gasteiger partial charge < -0.3 is 9.88 Å². The Bertz CT molecular complexity index is 1170. The van der Waals surface area contributed by atoms with Crippen LogP contribution in [0.4, 0.5) is 5.69 Å². The lowest BCUT2D eigenvalue weighted by atomic mass is 9.83. The predicted molar refractivity (Wildman–Crippen MR) is 115 cm³/mol. The fraction of sp³-hybridized carbons (Fsp3) is 0.304. The Morgan fingerprint density at radius 3 is 2.34 bits per heavy atom. The summed E-state index contributed by atoms with van der Waals surface area (Å²) in [4.78, 5) is 0.375. The molecule has 1 N–H and O–H groups in total. The lowest BCUT2D eigenvalue weighted by Gasteiger charge is -2.46. The molecule has 0 bridgehead atoms. The van der Waals surface area contributed by atoms with Crippen molar-refractivity contribution >= 4 is 15.7 Å². The molecule has 2 aliphatic rings. The number of sulfonamides is 1. The zero-order chi connectivity index (χ0) is 20.2. The molecule has 0 saturated carbocycles. The molecule has 6 heteroatoms. The third-order valence-electron chi connectivity index (χ3n) is 6.26. The van der Waals surface area contributed by atoms with Gasteiger partial charge in [0.05, 0.1) is 21.8 Å². The van der Waals surface area contributed by atoms with E-state index in [1.54, 1.807) is 16.4 Å². The second kappa shape index (κ2) is 6.47. The number of piperidine rings is 1. The van der Waals surface area contributed by atoms with E-state index in [1.807, 2.05) is 19.1 Å². The number of rotatable bonds is 2. The minimum atomic E-state index is -3.47. The number of nitrogens with one attached hydrogen (secondary N) is 1. The van der Waals surface area contributed by atoms with Crippen LogP contribution >= 0.6 is 0 Å². The molecule has 0 amide bonds. The Morgan fingerprint density at radius 1 is 0.931 bits per heavy atom. The van der Waals surface area contributed by atoms with Crippen LogP contribution in [0.2, 0.25) is 0 Å². The van der Waals surface area contributed by atoms with Crippen molar-refractivity contribution in [1.29, 1.82) is 0 Å². The zero-order valence-electron chi connectivity index (χ0n) is 16.7. The van der Waals surface area contributed by atoms with Gasteiger partial charge in [0.15, 0.2) is 0 Å². The second-order valence-electron chi connectivity index (χ2n) is 8.21. The molecular weight excluding hydrogens is 382 g/mol. The minimum absolute atomic E-state index is 0.246. The predicted octanol–water partition coefficient (Wildman–Crippen LogP) is 4.20. The Balaban J connectivity index is 1.45. The summed E-state index contributed by atoms with van der Waals surface area (Å²) in [7, 11) is -3.47. The topological polar surface area (TPSA) is 54.3 Å². The molecule has 0 atom stereocenters. The van der Waals surface area contributed by atoms with Crippen LogP contribution in [0.1, 0.15) is 29.7 Å². The van der Waals surface area contributed by atoms with Crippen LogP contribution in [-0.2, 0) is 15.6 Å². The lowest BCUT2D eigenvalue weighted by molar-refractivity contribution is 0.247. The summed E-state index contributed by atoms with van der Waals surface area (Å²) in [6.07, 6.45) is 3.56. The van der Waals surface area contributed by atoms with E-state index in [0.29, 0.717) is 18.0 Å². The van der Waals surface area contributed by atoms with E-state index in [-0.39, 0.29) is 5.54 Å². The van der Waals surface area contributed by atoms with Crippen molar-refractivity contribution < 1.29 is 8.42 Å². The highest BCUT2D eigenvalue weighted by Crippen LogP contribution is 2.44. The van der Waals surface area contributed by atoms with Crippen LogP contribution in [0, 0.1) is 13.8 Å². The Morgan fingerprint density at radius 2 is 1.62 bits per heavy atom. The summed E-state index contributed by atoms with van der Waals surface area (Å²) >= 11 is 0. The van der Waals surface area contributed by atoms with Gasteiger partial charge in [0.1, 0.15) is 0 Å². The summed E-state index contributed by atoms with van der Waals surface area (Å²) in [6, 6.07) is 17.8. The third-order valence-corrected chi connectivity index (χ3v) is 8.17. The van der Waals surface area contributed by atoms with Crippen molar-refractivity contribution in [2.45, 2.75) is 37.1 Å². The van der Waals surface area contributed by atoms with Crippen LogP contribution in [-0.4, -0.2) is 30.4 Å². The molecule has 2 aliphatic heterocycles. The van der Waals surface area contributed by atoms with E-state index in [9.17, 15) is 8.42 Å². The molecule has 3 aromatic rings. The van der Waals surface area contributed by atoms with Gasteiger partial charge in [0.2, 0.25) is 10.0 Å². The number of nitrogens with zero attached hydrogens (tertiary/aromatic N) is 2. The van der Waals surface area contributed by atoms with Crippen molar-refractivity contribution in [3.63, 3.8) is 0 Å². The number of aryl methyl sites for hydroxylation is 2. The highest BCUT2D eigenvalue weighted by Gasteiger charge is 2.43. The summed E-state index contributed by atoms with van der Waals surface area (Å²) in [6.45, 7) is 5.05. The standard InChI is InChI=1S/C23H25N3O2S/c1-17-5-8-19(9-6-17)29(27,28)25-14-11-23(12-15-25)22-4-3-13-26(22)21-10-7-18(2)16-20(21)24-23/h3-10,13,16,24H,11-12,14-15H2,1-2H3. The first-order valence-corrected chi connectivity index (χ1v) is 11.5. The molecule has 3 heterocycles. The summed E-state index contributed by atoms with van der Waals surface area (Å²) in [5.74, 6) is 0. The van der Waals surface area contributed by atoms with Gasteiger partial charge in [-0.2, -0.15) is 4.31 Å². The van der Waals surface area contributed by atoms with Gasteiger partial charge in [-0.3, -0.25) is 0 Å². The van der Waals surface area contributed by atoms with Crippen LogP contribution in [0.15, 0.2) is 65.7 Å². The Hall–Kier alpha value is -2.57. The maximum absolute atomic E-state index is 13.1. The van der Waals surface area contributed by atoms with Crippen LogP contribution in [0.5, 0.6) is 0 Å². The average Bonchev–Trinajstić information content (AvgIpc) is 3.20. The zero-order valence-corrected chi connectivity index (χ0v) is 17.5. The molecule has 5 nitrogen and oxygen atoms in total. The molecule has 2 aromatic carbocycles. The van der Waals surface area contributed by atoms with Crippen LogP contribution in [0.3, 0.4) is 0 Å². The van der Waals surface area contributed by atoms with E-state index in [4.69, 9.17) is 0 Å². The summed E-state index contributed by atoms with van der Waals surface area (Å²) < 4.78 is 30.1.